The SMILES string of the molecule is C[I-]/C=C\N(C)C. The summed E-state index contributed by atoms with van der Waals surface area (Å²) in [5.74, 6) is 0. The van der Waals surface area contributed by atoms with Crippen molar-refractivity contribution < 1.29 is 21.2 Å². The molecule has 0 heterocycles. The van der Waals surface area contributed by atoms with Crippen LogP contribution < -0.4 is 21.2 Å². The van der Waals surface area contributed by atoms with Crippen molar-refractivity contribution in [1.29, 1.82) is 0 Å². The number of halogens is 1. The van der Waals surface area contributed by atoms with Gasteiger partial charge in [0.15, 0.2) is 0 Å². The summed E-state index contributed by atoms with van der Waals surface area (Å²) in [7, 11) is 4.08. The summed E-state index contributed by atoms with van der Waals surface area (Å²) >= 11 is 0.352. The van der Waals surface area contributed by atoms with Crippen molar-refractivity contribution in [2.24, 2.45) is 0 Å². The van der Waals surface area contributed by atoms with Gasteiger partial charge in [-0.2, -0.15) is 0 Å². The van der Waals surface area contributed by atoms with Crippen molar-refractivity contribution in [3.8, 4) is 0 Å². The van der Waals surface area contributed by atoms with Gasteiger partial charge in [-0.25, -0.2) is 0 Å². The van der Waals surface area contributed by atoms with Gasteiger partial charge >= 0.3 is 55.4 Å². The van der Waals surface area contributed by atoms with Gasteiger partial charge in [0.25, 0.3) is 0 Å². The zero-order valence-electron chi connectivity index (χ0n) is 4.98. The minimum atomic E-state index is 0.352. The van der Waals surface area contributed by atoms with E-state index in [2.05, 4.69) is 20.1 Å². The number of alkyl halides is 1. The van der Waals surface area contributed by atoms with Crippen LogP contribution >= 0.6 is 0 Å². The van der Waals surface area contributed by atoms with E-state index in [1.54, 1.807) is 0 Å². The molecule has 7 heavy (non-hydrogen) atoms. The standard InChI is InChI=1S/C5H11IN/c1-6-4-5-7(2)3/h4-5H,1-3H3/q-1/b5-4-. The Labute approximate surface area is 55.7 Å². The van der Waals surface area contributed by atoms with E-state index < -0.39 is 0 Å². The average molecular weight is 212 g/mol. The molecule has 0 aliphatic heterocycles. The molecule has 0 aromatic rings. The third kappa shape index (κ3) is 6.27. The third-order valence-electron chi connectivity index (χ3n) is 0.480. The van der Waals surface area contributed by atoms with Gasteiger partial charge < -0.3 is 0 Å². The van der Waals surface area contributed by atoms with Gasteiger partial charge in [-0.15, -0.1) is 0 Å². The van der Waals surface area contributed by atoms with Crippen LogP contribution in [0.4, 0.5) is 0 Å². The van der Waals surface area contributed by atoms with Gasteiger partial charge in [-0.1, -0.05) is 0 Å². The first-order valence-corrected chi connectivity index (χ1v) is 5.49. The average Bonchev–Trinajstić information content (AvgIpc) is 1.61. The van der Waals surface area contributed by atoms with Crippen LogP contribution in [0, 0.1) is 0 Å². The Hall–Kier alpha value is 0.270. The molecular formula is C5H11IN-. The second-order valence-electron chi connectivity index (χ2n) is 1.46. The summed E-state index contributed by atoms with van der Waals surface area (Å²) in [5, 5.41) is 0. The van der Waals surface area contributed by atoms with E-state index in [9.17, 15) is 0 Å². The molecule has 44 valence electrons. The predicted octanol–water partition coefficient (Wildman–Crippen LogP) is -2.26. The van der Waals surface area contributed by atoms with Gasteiger partial charge in [-0.3, -0.25) is 0 Å². The third-order valence-corrected chi connectivity index (χ3v) is 1.52. The van der Waals surface area contributed by atoms with Crippen LogP contribution in [0.3, 0.4) is 0 Å². The van der Waals surface area contributed by atoms with Gasteiger partial charge in [0.2, 0.25) is 0 Å². The van der Waals surface area contributed by atoms with E-state index >= 15 is 0 Å². The van der Waals surface area contributed by atoms with Gasteiger partial charge in [0.05, 0.1) is 0 Å². The molecule has 0 bridgehead atoms. The maximum absolute atomic E-state index is 2.24. The first-order valence-electron chi connectivity index (χ1n) is 2.08. The fourth-order valence-corrected chi connectivity index (χ4v) is 1.13. The Kier molecular flexibility index (Phi) is 4.60. The number of hydrogen-bond donors (Lipinski definition) is 0. The molecule has 0 aromatic carbocycles. The second kappa shape index (κ2) is 4.43. The molecule has 0 aliphatic carbocycles. The molecule has 0 unspecified atom stereocenters. The molecule has 0 aliphatic rings. The number of nitrogens with zero attached hydrogens (tertiary/aromatic N) is 1. The second-order valence-corrected chi connectivity index (χ2v) is 3.42. The van der Waals surface area contributed by atoms with Crippen LogP contribution in [0.5, 0.6) is 0 Å². The molecule has 0 amide bonds. The summed E-state index contributed by atoms with van der Waals surface area (Å²) in [5.41, 5.74) is 0. The van der Waals surface area contributed by atoms with Crippen LogP contribution in [-0.4, -0.2) is 23.9 Å². The maximum atomic E-state index is 2.24. The van der Waals surface area contributed by atoms with Crippen molar-refractivity contribution in [2.75, 3.05) is 19.0 Å². The summed E-state index contributed by atoms with van der Waals surface area (Å²) < 4.78 is 2.24. The summed E-state index contributed by atoms with van der Waals surface area (Å²) in [6.45, 7) is 0. The quantitative estimate of drug-likeness (QED) is 0.369. The van der Waals surface area contributed by atoms with Crippen LogP contribution in [0.25, 0.3) is 0 Å². The first kappa shape index (κ1) is 7.27. The number of hydrogen-bond acceptors (Lipinski definition) is 1. The van der Waals surface area contributed by atoms with Gasteiger partial charge in [0, 0.05) is 0 Å². The molecule has 0 rings (SSSR count). The Morgan fingerprint density at radius 1 is 1.43 bits per heavy atom. The van der Waals surface area contributed by atoms with Crippen molar-refractivity contribution in [2.45, 2.75) is 0 Å². The zero-order valence-corrected chi connectivity index (χ0v) is 7.14. The van der Waals surface area contributed by atoms with Crippen LogP contribution in [0.1, 0.15) is 0 Å². The molecule has 0 saturated carbocycles. The molecule has 0 aromatic heterocycles. The van der Waals surface area contributed by atoms with E-state index in [1.807, 2.05) is 14.1 Å². The van der Waals surface area contributed by atoms with E-state index in [0.29, 0.717) is 21.2 Å². The van der Waals surface area contributed by atoms with Crippen molar-refractivity contribution in [1.82, 2.24) is 4.90 Å². The molecule has 0 N–H and O–H groups in total. The van der Waals surface area contributed by atoms with Crippen molar-refractivity contribution in [3.05, 3.63) is 10.3 Å². The van der Waals surface area contributed by atoms with Gasteiger partial charge in [0.1, 0.15) is 0 Å². The molecule has 0 atom stereocenters. The summed E-state index contributed by atoms with van der Waals surface area (Å²) in [6.07, 6.45) is 2.10. The first-order chi connectivity index (χ1) is 3.27. The molecule has 0 radical (unpaired) electrons. The van der Waals surface area contributed by atoms with E-state index in [0.717, 1.165) is 0 Å². The Morgan fingerprint density at radius 3 is 2.14 bits per heavy atom. The molecular weight excluding hydrogens is 201 g/mol. The Bertz CT molecular complexity index is 59.1. The van der Waals surface area contributed by atoms with Crippen LogP contribution in [0.2, 0.25) is 0 Å². The molecule has 0 fully saturated rings. The van der Waals surface area contributed by atoms with Gasteiger partial charge in [-0.05, 0) is 0 Å². The zero-order chi connectivity index (χ0) is 5.70. The molecule has 0 spiro atoms. The summed E-state index contributed by atoms with van der Waals surface area (Å²) in [6, 6.07) is 0. The minimum absolute atomic E-state index is 0.352. The van der Waals surface area contributed by atoms with Crippen molar-refractivity contribution in [3.63, 3.8) is 0 Å². The van der Waals surface area contributed by atoms with Crippen LogP contribution in [0.15, 0.2) is 10.3 Å². The Balaban J connectivity index is 3.08. The molecule has 1 nitrogen and oxygen atoms in total. The monoisotopic (exact) mass is 212 g/mol. The van der Waals surface area contributed by atoms with E-state index in [4.69, 9.17) is 0 Å². The van der Waals surface area contributed by atoms with Crippen molar-refractivity contribution >= 4 is 0 Å². The molecule has 2 heteroatoms. The number of rotatable bonds is 2. The predicted molar refractivity (Wildman–Crippen MR) is 28.8 cm³/mol. The molecule has 0 saturated heterocycles. The fraction of sp³-hybridized carbons (Fsp3) is 0.600. The normalized spacial score (nSPS) is 10.7. The fourth-order valence-electron chi connectivity index (χ4n) is 0.169. The van der Waals surface area contributed by atoms with Crippen LogP contribution in [-0.2, 0) is 0 Å². The summed E-state index contributed by atoms with van der Waals surface area (Å²) in [4.78, 5) is 4.29. The Morgan fingerprint density at radius 2 is 2.00 bits per heavy atom. The topological polar surface area (TPSA) is 3.24 Å². The van der Waals surface area contributed by atoms with E-state index in [1.165, 1.54) is 0 Å². The van der Waals surface area contributed by atoms with E-state index in [-0.39, 0.29) is 0 Å².